The SMILES string of the molecule is CCN(C(=O)c1ccccc1F)c1cccc2[nH]c(=O)cnc12. The smallest absolute Gasteiger partial charge is 0.266 e. The van der Waals surface area contributed by atoms with Crippen molar-refractivity contribution in [3.63, 3.8) is 0 Å². The number of carbonyl (C=O) groups excluding carboxylic acids is 1. The molecule has 2 aromatic carbocycles. The Bertz CT molecular complexity index is 936. The van der Waals surface area contributed by atoms with E-state index in [0.717, 1.165) is 6.20 Å². The van der Waals surface area contributed by atoms with Crippen LogP contribution in [-0.2, 0) is 0 Å². The van der Waals surface area contributed by atoms with Gasteiger partial charge in [0.2, 0.25) is 0 Å². The minimum absolute atomic E-state index is 0.00391. The van der Waals surface area contributed by atoms with Gasteiger partial charge in [0.15, 0.2) is 0 Å². The second kappa shape index (κ2) is 6.00. The van der Waals surface area contributed by atoms with Gasteiger partial charge in [0.25, 0.3) is 11.5 Å². The van der Waals surface area contributed by atoms with Crippen molar-refractivity contribution in [2.75, 3.05) is 11.4 Å². The molecule has 0 aliphatic heterocycles. The molecule has 0 aliphatic rings. The van der Waals surface area contributed by atoms with Crippen LogP contribution in [0.5, 0.6) is 0 Å². The van der Waals surface area contributed by atoms with E-state index in [4.69, 9.17) is 0 Å². The van der Waals surface area contributed by atoms with E-state index < -0.39 is 11.7 Å². The summed E-state index contributed by atoms with van der Waals surface area (Å²) in [6.07, 6.45) is 1.16. The van der Waals surface area contributed by atoms with Gasteiger partial charge in [-0.15, -0.1) is 0 Å². The number of aromatic amines is 1. The Morgan fingerprint density at radius 2 is 2.00 bits per heavy atom. The molecule has 3 aromatic rings. The number of aromatic nitrogens is 2. The van der Waals surface area contributed by atoms with E-state index in [1.54, 1.807) is 31.2 Å². The van der Waals surface area contributed by atoms with Gasteiger partial charge >= 0.3 is 0 Å². The first-order valence-corrected chi connectivity index (χ1v) is 7.16. The Balaban J connectivity index is 2.13. The number of nitrogens with one attached hydrogen (secondary N) is 1. The molecule has 3 rings (SSSR count). The van der Waals surface area contributed by atoms with Gasteiger partial charge < -0.3 is 9.88 Å². The summed E-state index contributed by atoms with van der Waals surface area (Å²) in [5.41, 5.74) is 1.21. The molecule has 1 N–H and O–H groups in total. The van der Waals surface area contributed by atoms with Crippen LogP contribution in [0.4, 0.5) is 10.1 Å². The fourth-order valence-electron chi connectivity index (χ4n) is 2.48. The van der Waals surface area contributed by atoms with Crippen molar-refractivity contribution in [3.05, 3.63) is 70.4 Å². The van der Waals surface area contributed by atoms with Crippen molar-refractivity contribution in [1.82, 2.24) is 9.97 Å². The quantitative estimate of drug-likeness (QED) is 0.809. The molecule has 0 atom stereocenters. The Kier molecular flexibility index (Phi) is 3.89. The number of hydrogen-bond donors (Lipinski definition) is 1. The first-order valence-electron chi connectivity index (χ1n) is 7.16. The number of H-pyrrole nitrogens is 1. The van der Waals surface area contributed by atoms with E-state index in [-0.39, 0.29) is 11.1 Å². The molecule has 0 fully saturated rings. The van der Waals surface area contributed by atoms with Crippen LogP contribution in [0.2, 0.25) is 0 Å². The summed E-state index contributed by atoms with van der Waals surface area (Å²) in [5.74, 6) is -1.02. The average Bonchev–Trinajstić information content (AvgIpc) is 2.55. The van der Waals surface area contributed by atoms with Crippen LogP contribution in [0.3, 0.4) is 0 Å². The highest BCUT2D eigenvalue weighted by atomic mass is 19.1. The summed E-state index contributed by atoms with van der Waals surface area (Å²) >= 11 is 0. The van der Waals surface area contributed by atoms with E-state index in [1.807, 2.05) is 0 Å². The number of rotatable bonds is 3. The normalized spacial score (nSPS) is 10.7. The molecule has 6 heteroatoms. The summed E-state index contributed by atoms with van der Waals surface area (Å²) in [4.78, 5) is 32.3. The highest BCUT2D eigenvalue weighted by molar-refractivity contribution is 6.09. The summed E-state index contributed by atoms with van der Waals surface area (Å²) in [6.45, 7) is 2.14. The van der Waals surface area contributed by atoms with E-state index >= 15 is 0 Å². The third-order valence-corrected chi connectivity index (χ3v) is 3.54. The number of carbonyl (C=O) groups is 1. The van der Waals surface area contributed by atoms with Crippen LogP contribution >= 0.6 is 0 Å². The van der Waals surface area contributed by atoms with E-state index in [2.05, 4.69) is 9.97 Å². The first kappa shape index (κ1) is 14.9. The van der Waals surface area contributed by atoms with Gasteiger partial charge in [0, 0.05) is 6.54 Å². The third kappa shape index (κ3) is 2.70. The number of para-hydroxylation sites is 1. The van der Waals surface area contributed by atoms with Crippen LogP contribution in [0.1, 0.15) is 17.3 Å². The Morgan fingerprint density at radius 1 is 1.22 bits per heavy atom. The van der Waals surface area contributed by atoms with Crippen molar-refractivity contribution in [2.24, 2.45) is 0 Å². The fourth-order valence-corrected chi connectivity index (χ4v) is 2.48. The molecule has 5 nitrogen and oxygen atoms in total. The number of nitrogens with zero attached hydrogens (tertiary/aromatic N) is 2. The van der Waals surface area contributed by atoms with Gasteiger partial charge in [-0.3, -0.25) is 9.59 Å². The predicted molar refractivity (Wildman–Crippen MR) is 86.1 cm³/mol. The molecule has 1 amide bonds. The first-order chi connectivity index (χ1) is 11.1. The van der Waals surface area contributed by atoms with Crippen LogP contribution < -0.4 is 10.5 Å². The van der Waals surface area contributed by atoms with Gasteiger partial charge in [0.05, 0.1) is 23.0 Å². The average molecular weight is 311 g/mol. The third-order valence-electron chi connectivity index (χ3n) is 3.54. The molecule has 0 unspecified atom stereocenters. The topological polar surface area (TPSA) is 66.1 Å². The van der Waals surface area contributed by atoms with E-state index in [9.17, 15) is 14.0 Å². The largest absolute Gasteiger partial charge is 0.319 e. The molecule has 23 heavy (non-hydrogen) atoms. The van der Waals surface area contributed by atoms with Crippen molar-refractivity contribution < 1.29 is 9.18 Å². The molecule has 1 heterocycles. The van der Waals surface area contributed by atoms with Crippen molar-refractivity contribution >= 4 is 22.6 Å². The second-order valence-corrected chi connectivity index (χ2v) is 4.95. The molecule has 0 spiro atoms. The van der Waals surface area contributed by atoms with Gasteiger partial charge in [-0.2, -0.15) is 0 Å². The molecule has 116 valence electrons. The molecular formula is C17H14FN3O2. The zero-order chi connectivity index (χ0) is 16.4. The molecule has 0 aliphatic carbocycles. The Morgan fingerprint density at radius 3 is 2.74 bits per heavy atom. The van der Waals surface area contributed by atoms with E-state index in [0.29, 0.717) is 23.3 Å². The molecule has 0 saturated carbocycles. The molecule has 0 radical (unpaired) electrons. The molecule has 1 aromatic heterocycles. The Hall–Kier alpha value is -3.02. The van der Waals surface area contributed by atoms with Crippen LogP contribution in [0, 0.1) is 5.82 Å². The lowest BCUT2D eigenvalue weighted by Gasteiger charge is -2.22. The summed E-state index contributed by atoms with van der Waals surface area (Å²) < 4.78 is 13.9. The van der Waals surface area contributed by atoms with Crippen LogP contribution in [0.15, 0.2) is 53.5 Å². The van der Waals surface area contributed by atoms with Crippen LogP contribution in [-0.4, -0.2) is 22.4 Å². The van der Waals surface area contributed by atoms with Gasteiger partial charge in [0.1, 0.15) is 11.3 Å². The number of amides is 1. The predicted octanol–water partition coefficient (Wildman–Crippen LogP) is 2.73. The zero-order valence-electron chi connectivity index (χ0n) is 12.4. The van der Waals surface area contributed by atoms with Gasteiger partial charge in [-0.1, -0.05) is 18.2 Å². The number of anilines is 1. The maximum atomic E-state index is 13.9. The monoisotopic (exact) mass is 311 g/mol. The van der Waals surface area contributed by atoms with Gasteiger partial charge in [-0.05, 0) is 31.2 Å². The highest BCUT2D eigenvalue weighted by Gasteiger charge is 2.21. The molecule has 0 saturated heterocycles. The maximum Gasteiger partial charge on any atom is 0.266 e. The number of hydrogen-bond acceptors (Lipinski definition) is 3. The lowest BCUT2D eigenvalue weighted by Crippen LogP contribution is -2.31. The summed E-state index contributed by atoms with van der Waals surface area (Å²) in [5, 5.41) is 0. The minimum Gasteiger partial charge on any atom is -0.319 e. The summed E-state index contributed by atoms with van der Waals surface area (Å²) in [6, 6.07) is 11.0. The molecular weight excluding hydrogens is 297 g/mol. The maximum absolute atomic E-state index is 13.9. The number of fused-ring (bicyclic) bond motifs is 1. The lowest BCUT2D eigenvalue weighted by atomic mass is 10.1. The van der Waals surface area contributed by atoms with Crippen molar-refractivity contribution in [2.45, 2.75) is 6.92 Å². The summed E-state index contributed by atoms with van der Waals surface area (Å²) in [7, 11) is 0. The van der Waals surface area contributed by atoms with Crippen molar-refractivity contribution in [1.29, 1.82) is 0 Å². The van der Waals surface area contributed by atoms with Crippen molar-refractivity contribution in [3.8, 4) is 0 Å². The van der Waals surface area contributed by atoms with Crippen LogP contribution in [0.25, 0.3) is 11.0 Å². The Labute approximate surface area is 131 Å². The minimum atomic E-state index is -0.572. The standard InChI is InChI=1S/C17H14FN3O2/c1-2-21(17(23)11-6-3-4-7-12(11)18)14-9-5-8-13-16(14)19-10-15(22)20-13/h3-10H,2H2,1H3,(H,20,22). The zero-order valence-corrected chi connectivity index (χ0v) is 12.4. The second-order valence-electron chi connectivity index (χ2n) is 4.95. The molecule has 0 bridgehead atoms. The fraction of sp³-hybridized carbons (Fsp3) is 0.118. The number of benzene rings is 2. The lowest BCUT2D eigenvalue weighted by molar-refractivity contribution is 0.0984. The van der Waals surface area contributed by atoms with E-state index in [1.165, 1.54) is 23.1 Å². The highest BCUT2D eigenvalue weighted by Crippen LogP contribution is 2.25. The van der Waals surface area contributed by atoms with Gasteiger partial charge in [-0.25, -0.2) is 9.37 Å². The number of halogens is 1.